The van der Waals surface area contributed by atoms with E-state index in [2.05, 4.69) is 0 Å². The lowest BCUT2D eigenvalue weighted by atomic mass is 9.85. The van der Waals surface area contributed by atoms with E-state index < -0.39 is 22.9 Å². The summed E-state index contributed by atoms with van der Waals surface area (Å²) < 4.78 is 0. The van der Waals surface area contributed by atoms with Crippen LogP contribution in [0.3, 0.4) is 0 Å². The number of rotatable bonds is 5. The minimum Gasteiger partial charge on any atom is -0.296 e. The molecule has 0 aromatic carbocycles. The largest absolute Gasteiger partial charge is 0.296 e. The number of carbonyl (C=O) groups is 1. The van der Waals surface area contributed by atoms with Gasteiger partial charge in [-0.3, -0.25) is 4.79 Å². The molecule has 5 heteroatoms. The zero-order valence-corrected chi connectivity index (χ0v) is 14.2. The van der Waals surface area contributed by atoms with Crippen LogP contribution in [0.25, 0.3) is 0 Å². The summed E-state index contributed by atoms with van der Waals surface area (Å²) in [6.45, 7) is 12.7. The van der Waals surface area contributed by atoms with Gasteiger partial charge in [-0.2, -0.15) is 0 Å². The first-order chi connectivity index (χ1) is 9.46. The van der Waals surface area contributed by atoms with E-state index >= 15 is 0 Å². The molecule has 5 nitrogen and oxygen atoms in total. The molecular formula is C16H28O5. The molecule has 0 aromatic rings. The maximum atomic E-state index is 12.2. The first-order valence-corrected chi connectivity index (χ1v) is 7.36. The van der Waals surface area contributed by atoms with Gasteiger partial charge in [0.05, 0.1) is 11.2 Å². The van der Waals surface area contributed by atoms with Crippen molar-refractivity contribution in [2.24, 2.45) is 0 Å². The zero-order valence-electron chi connectivity index (χ0n) is 14.2. The highest BCUT2D eigenvalue weighted by Crippen LogP contribution is 2.33. The summed E-state index contributed by atoms with van der Waals surface area (Å²) in [7, 11) is 0. The Labute approximate surface area is 127 Å². The predicted octanol–water partition coefficient (Wildman–Crippen LogP) is 3.53. The van der Waals surface area contributed by atoms with Crippen LogP contribution in [0, 0.1) is 0 Å². The molecule has 122 valence electrons. The quantitative estimate of drug-likeness (QED) is 0.442. The Morgan fingerprint density at radius 3 is 2.14 bits per heavy atom. The van der Waals surface area contributed by atoms with E-state index in [1.165, 1.54) is 6.92 Å². The van der Waals surface area contributed by atoms with Crippen LogP contribution in [0.15, 0.2) is 12.2 Å². The molecule has 0 saturated heterocycles. The standard InChI is InChI=1S/C16H28O5/c1-12(17)16(21-20-15(5,6)7)11-9-8-10-13(16)18-19-14(2,3)4/h9,11,13H,8,10H2,1-7H3. The van der Waals surface area contributed by atoms with Crippen molar-refractivity contribution in [1.82, 2.24) is 0 Å². The molecule has 0 fully saturated rings. The van der Waals surface area contributed by atoms with E-state index in [0.29, 0.717) is 6.42 Å². The van der Waals surface area contributed by atoms with Gasteiger partial charge in [-0.05, 0) is 67.4 Å². The van der Waals surface area contributed by atoms with Crippen LogP contribution in [-0.4, -0.2) is 28.7 Å². The average Bonchev–Trinajstić information content (AvgIpc) is 2.32. The lowest BCUT2D eigenvalue weighted by Gasteiger charge is -2.38. The van der Waals surface area contributed by atoms with Gasteiger partial charge in [0.1, 0.15) is 6.10 Å². The van der Waals surface area contributed by atoms with Gasteiger partial charge in [0.25, 0.3) is 0 Å². The highest BCUT2D eigenvalue weighted by molar-refractivity contribution is 5.88. The summed E-state index contributed by atoms with van der Waals surface area (Å²) in [5, 5.41) is 0. The normalized spacial score (nSPS) is 26.9. The van der Waals surface area contributed by atoms with Crippen LogP contribution in [-0.2, 0) is 24.3 Å². The second-order valence-electron chi connectivity index (χ2n) is 7.39. The van der Waals surface area contributed by atoms with Crippen molar-refractivity contribution in [2.75, 3.05) is 0 Å². The second kappa shape index (κ2) is 6.57. The fourth-order valence-electron chi connectivity index (χ4n) is 1.83. The van der Waals surface area contributed by atoms with Gasteiger partial charge in [-0.1, -0.05) is 6.08 Å². The summed E-state index contributed by atoms with van der Waals surface area (Å²) in [5.74, 6) is -0.176. The molecule has 0 spiro atoms. The molecule has 1 rings (SSSR count). The molecule has 0 aliphatic heterocycles. The van der Waals surface area contributed by atoms with Gasteiger partial charge in [0.15, 0.2) is 5.78 Å². The topological polar surface area (TPSA) is 54.0 Å². The molecule has 1 aliphatic rings. The fraction of sp³-hybridized carbons (Fsp3) is 0.812. The summed E-state index contributed by atoms with van der Waals surface area (Å²) >= 11 is 0. The molecular weight excluding hydrogens is 272 g/mol. The molecule has 0 heterocycles. The molecule has 21 heavy (non-hydrogen) atoms. The Kier molecular flexibility index (Phi) is 5.72. The van der Waals surface area contributed by atoms with Crippen LogP contribution >= 0.6 is 0 Å². The number of hydrogen-bond acceptors (Lipinski definition) is 5. The summed E-state index contributed by atoms with van der Waals surface area (Å²) in [6.07, 6.45) is 4.50. The first-order valence-electron chi connectivity index (χ1n) is 7.36. The molecule has 0 N–H and O–H groups in total. The lowest BCUT2D eigenvalue weighted by Crippen LogP contribution is -2.53. The van der Waals surface area contributed by atoms with Crippen LogP contribution in [0.2, 0.25) is 0 Å². The van der Waals surface area contributed by atoms with E-state index in [1.807, 2.05) is 47.6 Å². The maximum Gasteiger partial charge on any atom is 0.208 e. The Bertz CT molecular complexity index is 388. The van der Waals surface area contributed by atoms with E-state index in [4.69, 9.17) is 19.6 Å². The molecule has 0 aromatic heterocycles. The SMILES string of the molecule is CC(=O)C1(OOC(C)(C)C)C=CCCC1OOC(C)(C)C. The number of ketones is 1. The van der Waals surface area contributed by atoms with E-state index in [-0.39, 0.29) is 5.78 Å². The Hall–Kier alpha value is -0.750. The van der Waals surface area contributed by atoms with Crippen LogP contribution in [0.5, 0.6) is 0 Å². The highest BCUT2D eigenvalue weighted by Gasteiger charge is 2.48. The maximum absolute atomic E-state index is 12.2. The zero-order chi connectivity index (χ0) is 16.3. The van der Waals surface area contributed by atoms with Crippen LogP contribution in [0.1, 0.15) is 61.3 Å². The smallest absolute Gasteiger partial charge is 0.208 e. The number of allylic oxidation sites excluding steroid dienone is 1. The van der Waals surface area contributed by atoms with Crippen molar-refractivity contribution in [3.05, 3.63) is 12.2 Å². The molecule has 0 amide bonds. The van der Waals surface area contributed by atoms with Crippen LogP contribution < -0.4 is 0 Å². The Morgan fingerprint density at radius 1 is 1.10 bits per heavy atom. The van der Waals surface area contributed by atoms with Gasteiger partial charge in [0, 0.05) is 0 Å². The molecule has 1 aliphatic carbocycles. The minimum atomic E-state index is -1.27. The summed E-state index contributed by atoms with van der Waals surface area (Å²) in [4.78, 5) is 34.0. The van der Waals surface area contributed by atoms with Crippen molar-refractivity contribution in [3.63, 3.8) is 0 Å². The summed E-state index contributed by atoms with van der Waals surface area (Å²) in [6, 6.07) is 0. The number of carbonyl (C=O) groups excluding carboxylic acids is 1. The monoisotopic (exact) mass is 300 g/mol. The van der Waals surface area contributed by atoms with E-state index in [1.54, 1.807) is 6.08 Å². The second-order valence-corrected chi connectivity index (χ2v) is 7.39. The average molecular weight is 300 g/mol. The molecule has 0 radical (unpaired) electrons. The fourth-order valence-corrected chi connectivity index (χ4v) is 1.83. The van der Waals surface area contributed by atoms with Gasteiger partial charge >= 0.3 is 0 Å². The minimum absolute atomic E-state index is 0.176. The predicted molar refractivity (Wildman–Crippen MR) is 79.4 cm³/mol. The third kappa shape index (κ3) is 5.51. The molecule has 0 saturated carbocycles. The number of hydrogen-bond donors (Lipinski definition) is 0. The van der Waals surface area contributed by atoms with Crippen molar-refractivity contribution in [3.8, 4) is 0 Å². The Morgan fingerprint density at radius 2 is 1.67 bits per heavy atom. The molecule has 2 unspecified atom stereocenters. The van der Waals surface area contributed by atoms with E-state index in [9.17, 15) is 4.79 Å². The number of Topliss-reactive ketones (excluding diaryl/α,β-unsaturated/α-hetero) is 1. The van der Waals surface area contributed by atoms with Crippen LogP contribution in [0.4, 0.5) is 0 Å². The highest BCUT2D eigenvalue weighted by atomic mass is 17.2. The third-order valence-electron chi connectivity index (χ3n) is 2.83. The van der Waals surface area contributed by atoms with E-state index in [0.717, 1.165) is 6.42 Å². The van der Waals surface area contributed by atoms with Gasteiger partial charge in [0.2, 0.25) is 5.60 Å². The molecule has 2 atom stereocenters. The Balaban J connectivity index is 2.92. The van der Waals surface area contributed by atoms with Crippen molar-refractivity contribution < 1.29 is 24.3 Å². The molecule has 0 bridgehead atoms. The van der Waals surface area contributed by atoms with Crippen molar-refractivity contribution in [2.45, 2.75) is 84.2 Å². The lowest BCUT2D eigenvalue weighted by molar-refractivity contribution is -0.440. The first kappa shape index (κ1) is 18.3. The van der Waals surface area contributed by atoms with Gasteiger partial charge in [-0.15, -0.1) is 0 Å². The van der Waals surface area contributed by atoms with Gasteiger partial charge in [-0.25, -0.2) is 19.6 Å². The van der Waals surface area contributed by atoms with Crippen molar-refractivity contribution >= 4 is 5.78 Å². The summed E-state index contributed by atoms with van der Waals surface area (Å²) in [5.41, 5.74) is -2.26. The van der Waals surface area contributed by atoms with Gasteiger partial charge < -0.3 is 0 Å². The van der Waals surface area contributed by atoms with Crippen molar-refractivity contribution in [1.29, 1.82) is 0 Å². The third-order valence-corrected chi connectivity index (χ3v) is 2.83.